The molecule has 0 aromatic heterocycles. The second-order valence-corrected chi connectivity index (χ2v) is 9.01. The molecule has 0 spiro atoms. The van der Waals surface area contributed by atoms with Crippen LogP contribution in [0.4, 0.5) is 5.69 Å². The van der Waals surface area contributed by atoms with Crippen molar-refractivity contribution in [2.75, 3.05) is 25.2 Å². The summed E-state index contributed by atoms with van der Waals surface area (Å²) in [6, 6.07) is 9.61. The van der Waals surface area contributed by atoms with Gasteiger partial charge in [0.15, 0.2) is 16.6 Å². The number of thiocarbonyl (C=S) groups is 1. The molecule has 0 saturated heterocycles. The number of anilines is 1. The van der Waals surface area contributed by atoms with E-state index in [1.807, 2.05) is 6.92 Å². The van der Waals surface area contributed by atoms with Gasteiger partial charge in [-0.1, -0.05) is 19.9 Å². The Morgan fingerprint density at radius 1 is 1.06 bits per heavy atom. The smallest absolute Gasteiger partial charge is 0.269 e. The Balaban J connectivity index is 1.66. The summed E-state index contributed by atoms with van der Waals surface area (Å²) in [5, 5.41) is 3.03. The molecule has 3 N–H and O–H groups in total. The number of hydrogen-bond donors (Lipinski definition) is 3. The predicted octanol–water partition coefficient (Wildman–Crippen LogP) is 2.39. The molecule has 166 valence electrons. The summed E-state index contributed by atoms with van der Waals surface area (Å²) in [5.41, 5.74) is 6.79. The van der Waals surface area contributed by atoms with Gasteiger partial charge in [-0.05, 0) is 55.0 Å². The van der Waals surface area contributed by atoms with Gasteiger partial charge in [0.05, 0.1) is 4.90 Å². The highest BCUT2D eigenvalue weighted by atomic mass is 32.2. The second kappa shape index (κ2) is 9.50. The van der Waals surface area contributed by atoms with E-state index in [2.05, 4.69) is 16.2 Å². The SMILES string of the molecule is CCN(CC)S(=O)(=O)c1ccc(C)c(NC(=S)NNC(=O)c2ccc3c(c2)OCO3)c1. The van der Waals surface area contributed by atoms with Gasteiger partial charge in [0.25, 0.3) is 5.91 Å². The van der Waals surface area contributed by atoms with Gasteiger partial charge < -0.3 is 14.8 Å². The van der Waals surface area contributed by atoms with Crippen LogP contribution in [0.5, 0.6) is 11.5 Å². The molecular weight excluding hydrogens is 440 g/mol. The Hall–Kier alpha value is -2.89. The first-order valence-corrected chi connectivity index (χ1v) is 11.5. The Morgan fingerprint density at radius 2 is 1.77 bits per heavy atom. The highest BCUT2D eigenvalue weighted by Crippen LogP contribution is 2.32. The minimum absolute atomic E-state index is 0.106. The van der Waals surface area contributed by atoms with Crippen molar-refractivity contribution in [2.24, 2.45) is 0 Å². The number of amides is 1. The molecular formula is C20H24N4O5S2. The van der Waals surface area contributed by atoms with Crippen LogP contribution in [0.3, 0.4) is 0 Å². The van der Waals surface area contributed by atoms with E-state index in [4.69, 9.17) is 21.7 Å². The number of sulfonamides is 1. The summed E-state index contributed by atoms with van der Waals surface area (Å²) >= 11 is 5.24. The van der Waals surface area contributed by atoms with Crippen molar-refractivity contribution < 1.29 is 22.7 Å². The molecule has 0 saturated carbocycles. The first kappa shape index (κ1) is 22.8. The highest BCUT2D eigenvalue weighted by Gasteiger charge is 2.22. The monoisotopic (exact) mass is 464 g/mol. The van der Waals surface area contributed by atoms with Crippen molar-refractivity contribution in [2.45, 2.75) is 25.7 Å². The number of fused-ring (bicyclic) bond motifs is 1. The number of ether oxygens (including phenoxy) is 2. The largest absolute Gasteiger partial charge is 0.454 e. The molecule has 2 aromatic rings. The number of hydrazine groups is 1. The van der Waals surface area contributed by atoms with Crippen molar-refractivity contribution in [1.29, 1.82) is 0 Å². The third-order valence-electron chi connectivity index (χ3n) is 4.72. The number of aryl methyl sites for hydroxylation is 1. The molecule has 1 aliphatic heterocycles. The van der Waals surface area contributed by atoms with Crippen LogP contribution in [-0.4, -0.2) is 43.6 Å². The van der Waals surface area contributed by atoms with E-state index in [-0.39, 0.29) is 16.8 Å². The number of rotatable bonds is 6. The molecule has 0 bridgehead atoms. The minimum Gasteiger partial charge on any atom is -0.454 e. The number of nitrogens with zero attached hydrogens (tertiary/aromatic N) is 1. The van der Waals surface area contributed by atoms with E-state index in [1.54, 1.807) is 44.2 Å². The molecule has 3 rings (SSSR count). The maximum Gasteiger partial charge on any atom is 0.269 e. The molecule has 11 heteroatoms. The van der Waals surface area contributed by atoms with Gasteiger partial charge in [-0.2, -0.15) is 4.31 Å². The van der Waals surface area contributed by atoms with Gasteiger partial charge in [-0.15, -0.1) is 0 Å². The van der Waals surface area contributed by atoms with Crippen molar-refractivity contribution in [3.63, 3.8) is 0 Å². The van der Waals surface area contributed by atoms with Gasteiger partial charge >= 0.3 is 0 Å². The van der Waals surface area contributed by atoms with Crippen LogP contribution < -0.4 is 25.6 Å². The van der Waals surface area contributed by atoms with E-state index in [1.165, 1.54) is 10.4 Å². The maximum atomic E-state index is 12.8. The number of carbonyl (C=O) groups is 1. The van der Waals surface area contributed by atoms with Crippen molar-refractivity contribution in [3.8, 4) is 11.5 Å². The number of nitrogens with one attached hydrogen (secondary N) is 3. The maximum absolute atomic E-state index is 12.8. The summed E-state index contributed by atoms with van der Waals surface area (Å²) in [7, 11) is -3.61. The molecule has 0 aliphatic carbocycles. The van der Waals surface area contributed by atoms with Crippen LogP contribution in [0.25, 0.3) is 0 Å². The molecule has 1 aliphatic rings. The minimum atomic E-state index is -3.61. The lowest BCUT2D eigenvalue weighted by Gasteiger charge is -2.20. The average Bonchev–Trinajstić information content (AvgIpc) is 3.22. The van der Waals surface area contributed by atoms with Crippen LogP contribution in [0.1, 0.15) is 29.8 Å². The molecule has 0 fully saturated rings. The normalized spacial score (nSPS) is 12.5. The van der Waals surface area contributed by atoms with Crippen LogP contribution in [0.2, 0.25) is 0 Å². The zero-order valence-electron chi connectivity index (χ0n) is 17.4. The van der Waals surface area contributed by atoms with Crippen LogP contribution >= 0.6 is 12.2 Å². The third kappa shape index (κ3) is 5.06. The number of carbonyl (C=O) groups excluding carboxylic acids is 1. The number of hydrogen-bond acceptors (Lipinski definition) is 6. The fourth-order valence-corrected chi connectivity index (χ4v) is 4.63. The molecule has 9 nitrogen and oxygen atoms in total. The third-order valence-corrected chi connectivity index (χ3v) is 6.97. The van der Waals surface area contributed by atoms with Gasteiger partial charge in [0.1, 0.15) is 0 Å². The van der Waals surface area contributed by atoms with Gasteiger partial charge in [-0.25, -0.2) is 8.42 Å². The molecule has 0 unspecified atom stereocenters. The average molecular weight is 465 g/mol. The van der Waals surface area contributed by atoms with Gasteiger partial charge in [-0.3, -0.25) is 15.6 Å². The van der Waals surface area contributed by atoms with E-state index >= 15 is 0 Å². The molecule has 31 heavy (non-hydrogen) atoms. The molecule has 1 heterocycles. The van der Waals surface area contributed by atoms with E-state index < -0.39 is 15.9 Å². The second-order valence-electron chi connectivity index (χ2n) is 6.67. The predicted molar refractivity (Wildman–Crippen MR) is 121 cm³/mol. The van der Waals surface area contributed by atoms with Crippen molar-refractivity contribution in [3.05, 3.63) is 47.5 Å². The van der Waals surface area contributed by atoms with Crippen LogP contribution in [0.15, 0.2) is 41.3 Å². The topological polar surface area (TPSA) is 109 Å². The summed E-state index contributed by atoms with van der Waals surface area (Å²) in [4.78, 5) is 12.5. The highest BCUT2D eigenvalue weighted by molar-refractivity contribution is 7.89. The van der Waals surface area contributed by atoms with Crippen molar-refractivity contribution >= 4 is 38.9 Å². The lowest BCUT2D eigenvalue weighted by atomic mass is 10.2. The van der Waals surface area contributed by atoms with Crippen LogP contribution in [-0.2, 0) is 10.0 Å². The van der Waals surface area contributed by atoms with E-state index in [0.717, 1.165) is 5.56 Å². The standard InChI is InChI=1S/C20H24N4O5S2/c1-4-24(5-2)31(26,27)15-8-6-13(3)16(11-15)21-20(30)23-22-19(25)14-7-9-17-18(10-14)29-12-28-17/h6-11H,4-5,12H2,1-3H3,(H,22,25)(H2,21,23,30). The van der Waals surface area contributed by atoms with Gasteiger partial charge in [0.2, 0.25) is 16.8 Å². The Kier molecular flexibility index (Phi) is 6.98. The fraction of sp³-hybridized carbons (Fsp3) is 0.300. The molecule has 1 amide bonds. The van der Waals surface area contributed by atoms with Gasteiger partial charge in [0, 0.05) is 24.3 Å². The quantitative estimate of drug-likeness (QED) is 0.442. The summed E-state index contributed by atoms with van der Waals surface area (Å²) in [5.74, 6) is 0.656. The Bertz CT molecular complexity index is 1100. The van der Waals surface area contributed by atoms with Crippen LogP contribution in [0, 0.1) is 6.92 Å². The molecule has 0 radical (unpaired) electrons. The zero-order chi connectivity index (χ0) is 22.6. The summed E-state index contributed by atoms with van der Waals surface area (Å²) in [6.07, 6.45) is 0. The molecule has 2 aromatic carbocycles. The zero-order valence-corrected chi connectivity index (χ0v) is 19.0. The summed E-state index contributed by atoms with van der Waals surface area (Å²) < 4.78 is 37.4. The van der Waals surface area contributed by atoms with Crippen molar-refractivity contribution in [1.82, 2.24) is 15.2 Å². The summed E-state index contributed by atoms with van der Waals surface area (Å²) in [6.45, 7) is 6.27. The number of benzene rings is 2. The lowest BCUT2D eigenvalue weighted by molar-refractivity contribution is 0.0943. The molecule has 0 atom stereocenters. The Morgan fingerprint density at radius 3 is 2.48 bits per heavy atom. The van der Waals surface area contributed by atoms with E-state index in [9.17, 15) is 13.2 Å². The lowest BCUT2D eigenvalue weighted by Crippen LogP contribution is -2.43. The first-order valence-electron chi connectivity index (χ1n) is 9.64. The van der Waals surface area contributed by atoms with E-state index in [0.29, 0.717) is 35.8 Å². The Labute approximate surface area is 186 Å². The fourth-order valence-electron chi connectivity index (χ4n) is 2.99. The first-order chi connectivity index (χ1) is 14.8.